The lowest BCUT2D eigenvalue weighted by atomic mass is 9.83. The van der Waals surface area contributed by atoms with Crippen molar-refractivity contribution >= 4 is 17.4 Å². The van der Waals surface area contributed by atoms with E-state index in [-0.39, 0.29) is 6.61 Å². The summed E-state index contributed by atoms with van der Waals surface area (Å²) in [5, 5.41) is 17.4. The number of nitrogens with one attached hydrogen (secondary N) is 2. The number of aromatic nitrogens is 3. The Hall–Kier alpha value is -2.51. The van der Waals surface area contributed by atoms with Gasteiger partial charge in [-0.2, -0.15) is 5.26 Å². The van der Waals surface area contributed by atoms with E-state index in [2.05, 4.69) is 38.6 Å². The number of pyridine rings is 1. The van der Waals surface area contributed by atoms with Gasteiger partial charge in [-0.3, -0.25) is 4.98 Å². The Kier molecular flexibility index (Phi) is 9.32. The average molecular weight is 515 g/mol. The van der Waals surface area contributed by atoms with E-state index in [0.29, 0.717) is 60.8 Å². The van der Waals surface area contributed by atoms with E-state index in [9.17, 15) is 5.26 Å². The molecule has 1 saturated heterocycles. The van der Waals surface area contributed by atoms with Crippen LogP contribution in [0.1, 0.15) is 45.4 Å². The lowest BCUT2D eigenvalue weighted by Crippen LogP contribution is -2.42. The fourth-order valence-electron chi connectivity index (χ4n) is 4.84. The zero-order valence-electron chi connectivity index (χ0n) is 21.0. The molecule has 9 nitrogen and oxygen atoms in total. The third kappa shape index (κ3) is 7.04. The fraction of sp³-hybridized carbons (Fsp3) is 0.615. The zero-order valence-corrected chi connectivity index (χ0v) is 21.8. The molecule has 3 heterocycles. The van der Waals surface area contributed by atoms with Gasteiger partial charge >= 0.3 is 0 Å². The third-order valence-electron chi connectivity index (χ3n) is 6.94. The quantitative estimate of drug-likeness (QED) is 0.480. The van der Waals surface area contributed by atoms with Gasteiger partial charge < -0.3 is 24.8 Å². The Morgan fingerprint density at radius 3 is 2.67 bits per heavy atom. The van der Waals surface area contributed by atoms with Gasteiger partial charge in [-0.1, -0.05) is 11.6 Å². The molecule has 2 N–H and O–H groups in total. The number of methoxy groups -OCH3 is 1. The van der Waals surface area contributed by atoms with Crippen molar-refractivity contribution in [3.63, 3.8) is 0 Å². The van der Waals surface area contributed by atoms with E-state index < -0.39 is 5.41 Å². The van der Waals surface area contributed by atoms with E-state index in [0.717, 1.165) is 43.7 Å². The van der Waals surface area contributed by atoms with E-state index in [1.54, 1.807) is 25.7 Å². The van der Waals surface area contributed by atoms with Crippen LogP contribution >= 0.6 is 11.6 Å². The van der Waals surface area contributed by atoms with Crippen molar-refractivity contribution in [2.45, 2.75) is 63.6 Å². The third-order valence-corrected chi connectivity index (χ3v) is 7.24. The van der Waals surface area contributed by atoms with Crippen molar-refractivity contribution < 1.29 is 14.2 Å². The molecule has 0 radical (unpaired) electrons. The molecule has 1 atom stereocenters. The summed E-state index contributed by atoms with van der Waals surface area (Å²) in [6, 6.07) is 5.54. The number of nitrogens with zero attached hydrogens (tertiary/aromatic N) is 4. The molecule has 2 aliphatic rings. The molecule has 0 bridgehead atoms. The Morgan fingerprint density at radius 1 is 1.19 bits per heavy atom. The van der Waals surface area contributed by atoms with Gasteiger partial charge in [-0.05, 0) is 51.5 Å². The first-order valence-electron chi connectivity index (χ1n) is 12.6. The molecule has 0 amide bonds. The van der Waals surface area contributed by atoms with Gasteiger partial charge in [0.2, 0.25) is 5.88 Å². The van der Waals surface area contributed by atoms with Crippen LogP contribution < -0.4 is 15.4 Å². The summed E-state index contributed by atoms with van der Waals surface area (Å²) in [6.45, 7) is 4.26. The second-order valence-electron chi connectivity index (χ2n) is 9.80. The van der Waals surface area contributed by atoms with Crippen LogP contribution in [0.25, 0.3) is 11.3 Å². The molecule has 2 aromatic rings. The van der Waals surface area contributed by atoms with Crippen molar-refractivity contribution in [3.05, 3.63) is 29.7 Å². The van der Waals surface area contributed by atoms with Crippen molar-refractivity contribution in [3.8, 4) is 23.2 Å². The van der Waals surface area contributed by atoms with Crippen LogP contribution in [-0.4, -0.2) is 66.6 Å². The standard InChI is InChI=1S/C26H35ClN6O3/c1-18(15-34-2)31-19-3-5-20(6-4-19)32-24-11-21(22(27)12-30-24)23-13-29-14-25(33-23)36-17-26(16-28)7-9-35-10-8-26/h11-14,18-20,31H,3-10,15,17H2,1-2H3,(H,30,32)/t18-,19?,20?/m1/s1. The summed E-state index contributed by atoms with van der Waals surface area (Å²) in [4.78, 5) is 13.4. The normalized spacial score (nSPS) is 22.4. The second-order valence-corrected chi connectivity index (χ2v) is 10.2. The van der Waals surface area contributed by atoms with E-state index >= 15 is 0 Å². The first-order valence-corrected chi connectivity index (χ1v) is 13.0. The summed E-state index contributed by atoms with van der Waals surface area (Å²) < 4.78 is 16.5. The molecule has 10 heteroatoms. The van der Waals surface area contributed by atoms with Gasteiger partial charge in [-0.15, -0.1) is 0 Å². The van der Waals surface area contributed by atoms with Gasteiger partial charge in [0, 0.05) is 50.2 Å². The molecular formula is C26H35ClN6O3. The summed E-state index contributed by atoms with van der Waals surface area (Å²) in [5.41, 5.74) is 0.774. The zero-order chi connectivity index (χ0) is 25.4. The predicted octanol–water partition coefficient (Wildman–Crippen LogP) is 4.24. The molecule has 4 rings (SSSR count). The number of rotatable bonds is 10. The van der Waals surface area contributed by atoms with E-state index in [1.165, 1.54) is 0 Å². The van der Waals surface area contributed by atoms with Crippen LogP contribution in [0, 0.1) is 16.7 Å². The highest BCUT2D eigenvalue weighted by Crippen LogP contribution is 2.32. The molecule has 36 heavy (non-hydrogen) atoms. The highest BCUT2D eigenvalue weighted by Gasteiger charge is 2.34. The first kappa shape index (κ1) is 26.6. The first-order chi connectivity index (χ1) is 17.5. The van der Waals surface area contributed by atoms with Crippen LogP contribution in [0.5, 0.6) is 5.88 Å². The number of halogens is 1. The minimum absolute atomic E-state index is 0.254. The van der Waals surface area contributed by atoms with Crippen molar-refractivity contribution in [2.75, 3.05) is 38.9 Å². The second kappa shape index (κ2) is 12.6. The highest BCUT2D eigenvalue weighted by molar-refractivity contribution is 6.33. The summed E-state index contributed by atoms with van der Waals surface area (Å²) in [7, 11) is 1.73. The maximum Gasteiger partial charge on any atom is 0.232 e. The molecule has 0 spiro atoms. The minimum atomic E-state index is -0.558. The van der Waals surface area contributed by atoms with Crippen LogP contribution in [0.15, 0.2) is 24.7 Å². The van der Waals surface area contributed by atoms with Crippen molar-refractivity contribution in [1.82, 2.24) is 20.3 Å². The number of hydrogen-bond acceptors (Lipinski definition) is 9. The number of ether oxygens (including phenoxy) is 3. The largest absolute Gasteiger partial charge is 0.475 e. The minimum Gasteiger partial charge on any atom is -0.475 e. The molecule has 2 fully saturated rings. The molecule has 2 aromatic heterocycles. The predicted molar refractivity (Wildman–Crippen MR) is 138 cm³/mol. The molecule has 1 saturated carbocycles. The maximum atomic E-state index is 9.67. The number of anilines is 1. The molecule has 1 aliphatic heterocycles. The SMILES string of the molecule is COC[C@@H](C)NC1CCC(Nc2cc(-c3cncc(OCC4(C#N)CCOCC4)n3)c(Cl)cn2)CC1. The fourth-order valence-corrected chi connectivity index (χ4v) is 5.04. The Labute approximate surface area is 217 Å². The summed E-state index contributed by atoms with van der Waals surface area (Å²) >= 11 is 6.49. The Morgan fingerprint density at radius 2 is 1.94 bits per heavy atom. The molecule has 0 aromatic carbocycles. The lowest BCUT2D eigenvalue weighted by Gasteiger charge is -2.32. The van der Waals surface area contributed by atoms with Crippen LogP contribution in [0.4, 0.5) is 5.82 Å². The smallest absolute Gasteiger partial charge is 0.232 e. The number of hydrogen-bond donors (Lipinski definition) is 2. The Balaban J connectivity index is 1.37. The van der Waals surface area contributed by atoms with Gasteiger partial charge in [0.05, 0.1) is 41.2 Å². The van der Waals surface area contributed by atoms with Crippen LogP contribution in [0.2, 0.25) is 5.02 Å². The van der Waals surface area contributed by atoms with Crippen LogP contribution in [-0.2, 0) is 9.47 Å². The van der Waals surface area contributed by atoms with Gasteiger partial charge in [0.25, 0.3) is 0 Å². The van der Waals surface area contributed by atoms with Gasteiger partial charge in [0.15, 0.2) is 0 Å². The van der Waals surface area contributed by atoms with Crippen molar-refractivity contribution in [2.24, 2.45) is 5.41 Å². The lowest BCUT2D eigenvalue weighted by molar-refractivity contribution is 0.0182. The molecular weight excluding hydrogens is 480 g/mol. The van der Waals surface area contributed by atoms with Gasteiger partial charge in [0.1, 0.15) is 12.4 Å². The van der Waals surface area contributed by atoms with E-state index in [1.807, 2.05) is 6.07 Å². The summed E-state index contributed by atoms with van der Waals surface area (Å²) in [5.74, 6) is 1.13. The topological polar surface area (TPSA) is 114 Å². The maximum absolute atomic E-state index is 9.67. The monoisotopic (exact) mass is 514 g/mol. The molecule has 1 aliphatic carbocycles. The van der Waals surface area contributed by atoms with E-state index in [4.69, 9.17) is 25.8 Å². The van der Waals surface area contributed by atoms with Gasteiger partial charge in [-0.25, -0.2) is 9.97 Å². The average Bonchev–Trinajstić information content (AvgIpc) is 2.90. The molecule has 194 valence electrons. The highest BCUT2D eigenvalue weighted by atomic mass is 35.5. The Bertz CT molecular complexity index is 1030. The molecule has 0 unspecified atom stereocenters. The van der Waals surface area contributed by atoms with Crippen LogP contribution in [0.3, 0.4) is 0 Å². The number of nitriles is 1. The summed E-state index contributed by atoms with van der Waals surface area (Å²) in [6.07, 6.45) is 10.5. The van der Waals surface area contributed by atoms with Crippen molar-refractivity contribution in [1.29, 1.82) is 5.26 Å².